The normalized spacial score (nSPS) is 16.1. The number of nitrogens with zero attached hydrogens (tertiary/aromatic N) is 1. The van der Waals surface area contributed by atoms with E-state index in [9.17, 15) is 9.59 Å². The molecule has 3 rings (SSSR count). The maximum absolute atomic E-state index is 13.1. The molecule has 6 nitrogen and oxygen atoms in total. The minimum absolute atomic E-state index is 0.0549. The number of hydrogen-bond donors (Lipinski definition) is 2. The van der Waals surface area contributed by atoms with Crippen molar-refractivity contribution in [2.75, 3.05) is 37.7 Å². The summed E-state index contributed by atoms with van der Waals surface area (Å²) in [4.78, 5) is 32.1. The van der Waals surface area contributed by atoms with Crippen LogP contribution >= 0.6 is 0 Å². The molecular formula is C22H30N3O3+. The number of piperazine rings is 1. The number of aromatic nitrogens is 1. The Bertz CT molecular complexity index is 836. The number of hydrogen-bond acceptors (Lipinski definition) is 4. The zero-order valence-corrected chi connectivity index (χ0v) is 17.2. The highest BCUT2D eigenvalue weighted by molar-refractivity contribution is 6.03. The number of rotatable bonds is 6. The van der Waals surface area contributed by atoms with Crippen molar-refractivity contribution in [1.29, 1.82) is 0 Å². The van der Waals surface area contributed by atoms with Crippen molar-refractivity contribution >= 4 is 17.4 Å². The summed E-state index contributed by atoms with van der Waals surface area (Å²) in [5.74, 6) is -0.316. The van der Waals surface area contributed by atoms with Crippen LogP contribution in [-0.2, 0) is 4.74 Å². The molecular weight excluding hydrogens is 354 g/mol. The number of para-hydroxylation sites is 1. The van der Waals surface area contributed by atoms with Gasteiger partial charge >= 0.3 is 5.97 Å². The lowest BCUT2D eigenvalue weighted by molar-refractivity contribution is -0.914. The minimum Gasteiger partial charge on any atom is -0.462 e. The van der Waals surface area contributed by atoms with Gasteiger partial charge in [0, 0.05) is 11.4 Å². The van der Waals surface area contributed by atoms with E-state index in [0.717, 1.165) is 26.2 Å². The Morgan fingerprint density at radius 1 is 1.18 bits per heavy atom. The number of aryl methyl sites for hydroxylation is 1. The molecule has 6 heteroatoms. The summed E-state index contributed by atoms with van der Waals surface area (Å²) < 4.78 is 5.13. The van der Waals surface area contributed by atoms with Crippen LogP contribution in [0.5, 0.6) is 0 Å². The lowest BCUT2D eigenvalue weighted by Crippen LogP contribution is -3.18. The van der Waals surface area contributed by atoms with Crippen LogP contribution in [0.3, 0.4) is 0 Å². The van der Waals surface area contributed by atoms with Crippen molar-refractivity contribution in [3.8, 4) is 0 Å². The number of quaternary nitrogens is 1. The molecule has 1 saturated heterocycles. The Morgan fingerprint density at radius 2 is 1.82 bits per heavy atom. The molecule has 0 amide bonds. The second kappa shape index (κ2) is 8.61. The number of esters is 1. The lowest BCUT2D eigenvalue weighted by Gasteiger charge is -2.36. The van der Waals surface area contributed by atoms with E-state index in [1.807, 2.05) is 26.8 Å². The highest BCUT2D eigenvalue weighted by Crippen LogP contribution is 2.20. The number of nitrogens with one attached hydrogen (secondary N) is 2. The smallest absolute Gasteiger partial charge is 0.340 e. The molecule has 1 aromatic heterocycles. The third-order valence-corrected chi connectivity index (χ3v) is 5.70. The first-order valence-corrected chi connectivity index (χ1v) is 9.99. The average Bonchev–Trinajstić information content (AvgIpc) is 3.02. The number of carbonyl (C=O) groups is 2. The number of aromatic amines is 1. The fourth-order valence-corrected chi connectivity index (χ4v) is 4.03. The number of anilines is 1. The molecule has 2 aromatic rings. The van der Waals surface area contributed by atoms with Gasteiger partial charge in [-0.2, -0.15) is 0 Å². The first-order chi connectivity index (χ1) is 13.4. The van der Waals surface area contributed by atoms with Gasteiger partial charge in [0.15, 0.2) is 6.04 Å². The van der Waals surface area contributed by atoms with E-state index in [4.69, 9.17) is 4.74 Å². The summed E-state index contributed by atoms with van der Waals surface area (Å²) in [5.41, 5.74) is 3.63. The van der Waals surface area contributed by atoms with Gasteiger partial charge in [-0.15, -0.1) is 0 Å². The Hall–Kier alpha value is -2.60. The van der Waals surface area contributed by atoms with Gasteiger partial charge in [0.2, 0.25) is 5.78 Å². The van der Waals surface area contributed by atoms with Crippen molar-refractivity contribution < 1.29 is 19.2 Å². The van der Waals surface area contributed by atoms with E-state index in [1.54, 1.807) is 6.92 Å². The van der Waals surface area contributed by atoms with Crippen molar-refractivity contribution in [3.05, 3.63) is 52.8 Å². The maximum atomic E-state index is 13.1. The summed E-state index contributed by atoms with van der Waals surface area (Å²) >= 11 is 0. The van der Waals surface area contributed by atoms with Crippen molar-refractivity contribution in [1.82, 2.24) is 4.98 Å². The molecule has 28 heavy (non-hydrogen) atoms. The van der Waals surface area contributed by atoms with E-state index < -0.39 is 0 Å². The summed E-state index contributed by atoms with van der Waals surface area (Å²) in [6.07, 6.45) is 0. The summed E-state index contributed by atoms with van der Waals surface area (Å²) in [7, 11) is 0. The lowest BCUT2D eigenvalue weighted by atomic mass is 10.0. The molecule has 0 unspecified atom stereocenters. The topological polar surface area (TPSA) is 66.8 Å². The predicted octanol–water partition coefficient (Wildman–Crippen LogP) is 1.78. The number of benzene rings is 1. The van der Waals surface area contributed by atoms with Crippen molar-refractivity contribution in [3.63, 3.8) is 0 Å². The predicted molar refractivity (Wildman–Crippen MR) is 109 cm³/mol. The number of H-pyrrole nitrogens is 1. The Balaban J connectivity index is 1.69. The quantitative estimate of drug-likeness (QED) is 0.589. The van der Waals surface area contributed by atoms with Gasteiger partial charge in [0.05, 0.1) is 44.0 Å². The van der Waals surface area contributed by atoms with E-state index in [0.29, 0.717) is 29.1 Å². The summed E-state index contributed by atoms with van der Waals surface area (Å²) in [6, 6.07) is 10.2. The average molecular weight is 385 g/mol. The van der Waals surface area contributed by atoms with E-state index in [1.165, 1.54) is 10.6 Å². The van der Waals surface area contributed by atoms with Crippen molar-refractivity contribution in [2.24, 2.45) is 0 Å². The monoisotopic (exact) mass is 384 g/mol. The molecule has 0 spiro atoms. The zero-order chi connectivity index (χ0) is 20.3. The highest BCUT2D eigenvalue weighted by Gasteiger charge is 2.33. The van der Waals surface area contributed by atoms with E-state index in [-0.39, 0.29) is 17.8 Å². The van der Waals surface area contributed by atoms with E-state index in [2.05, 4.69) is 34.1 Å². The third kappa shape index (κ3) is 3.97. The van der Waals surface area contributed by atoms with Crippen LogP contribution in [0.2, 0.25) is 0 Å². The molecule has 1 atom stereocenters. The number of ketones is 1. The molecule has 0 saturated carbocycles. The van der Waals surface area contributed by atoms with Crippen LogP contribution in [0, 0.1) is 13.8 Å². The first-order valence-electron chi connectivity index (χ1n) is 9.99. The fourth-order valence-electron chi connectivity index (χ4n) is 4.03. The molecule has 1 aliphatic rings. The summed E-state index contributed by atoms with van der Waals surface area (Å²) in [5, 5.41) is 0. The molecule has 150 valence electrons. The largest absolute Gasteiger partial charge is 0.462 e. The Labute approximate surface area is 166 Å². The maximum Gasteiger partial charge on any atom is 0.340 e. The standard InChI is InChI=1S/C22H29N3O3/c1-5-28-22(27)19-15(2)20(23-16(19)3)21(26)17(4)24-11-13-25(14-12-24)18-9-7-6-8-10-18/h6-10,17,23H,5,11-14H2,1-4H3/p+1/t17-/m0/s1. The van der Waals surface area contributed by atoms with Gasteiger partial charge in [-0.3, -0.25) is 4.79 Å². The third-order valence-electron chi connectivity index (χ3n) is 5.70. The second-order valence-corrected chi connectivity index (χ2v) is 7.41. The Morgan fingerprint density at radius 3 is 2.43 bits per heavy atom. The van der Waals surface area contributed by atoms with Crippen LogP contribution in [-0.4, -0.2) is 55.6 Å². The molecule has 0 aliphatic carbocycles. The van der Waals surface area contributed by atoms with Gasteiger partial charge < -0.3 is 19.5 Å². The fraction of sp³-hybridized carbons (Fsp3) is 0.455. The first kappa shape index (κ1) is 20.1. The van der Waals surface area contributed by atoms with Crippen LogP contribution < -0.4 is 9.80 Å². The molecule has 1 fully saturated rings. The second-order valence-electron chi connectivity index (χ2n) is 7.41. The number of carbonyl (C=O) groups excluding carboxylic acids is 2. The van der Waals surface area contributed by atoms with Gasteiger partial charge in [-0.1, -0.05) is 18.2 Å². The highest BCUT2D eigenvalue weighted by atomic mass is 16.5. The molecule has 2 heterocycles. The molecule has 1 aromatic carbocycles. The van der Waals surface area contributed by atoms with Gasteiger partial charge in [-0.25, -0.2) is 4.79 Å². The van der Waals surface area contributed by atoms with Gasteiger partial charge in [-0.05, 0) is 45.4 Å². The number of Topliss-reactive ketones (excluding diaryl/α,β-unsaturated/α-hetero) is 1. The van der Waals surface area contributed by atoms with Crippen LogP contribution in [0.4, 0.5) is 5.69 Å². The molecule has 1 aliphatic heterocycles. The van der Waals surface area contributed by atoms with Crippen LogP contribution in [0.15, 0.2) is 30.3 Å². The molecule has 0 radical (unpaired) electrons. The van der Waals surface area contributed by atoms with Gasteiger partial charge in [0.1, 0.15) is 0 Å². The SMILES string of the molecule is CCOC(=O)c1c(C)[nH]c(C(=O)[C@H](C)[NH+]2CCN(c3ccccc3)CC2)c1C. The summed E-state index contributed by atoms with van der Waals surface area (Å²) in [6.45, 7) is 11.4. The van der Waals surface area contributed by atoms with Crippen molar-refractivity contribution in [2.45, 2.75) is 33.7 Å². The Kier molecular flexibility index (Phi) is 6.19. The molecule has 0 bridgehead atoms. The zero-order valence-electron chi connectivity index (χ0n) is 17.2. The molecule has 2 N–H and O–H groups in total. The van der Waals surface area contributed by atoms with Crippen LogP contribution in [0.1, 0.15) is 46.0 Å². The minimum atomic E-state index is -0.371. The van der Waals surface area contributed by atoms with Crippen LogP contribution in [0.25, 0.3) is 0 Å². The van der Waals surface area contributed by atoms with Gasteiger partial charge in [0.25, 0.3) is 0 Å². The number of ether oxygens (including phenoxy) is 1. The van der Waals surface area contributed by atoms with E-state index >= 15 is 0 Å².